The van der Waals surface area contributed by atoms with Crippen LogP contribution in [0.2, 0.25) is 0 Å². The molecule has 0 aliphatic heterocycles. The average Bonchev–Trinajstić information content (AvgIpc) is 2.18. The van der Waals surface area contributed by atoms with Gasteiger partial charge in [0.1, 0.15) is 5.75 Å². The average molecular weight is 224 g/mol. The van der Waals surface area contributed by atoms with Crippen molar-refractivity contribution in [2.75, 3.05) is 0 Å². The lowest BCUT2D eigenvalue weighted by Gasteiger charge is -2.15. The van der Waals surface area contributed by atoms with Crippen molar-refractivity contribution >= 4 is 0 Å². The molecule has 16 heavy (non-hydrogen) atoms. The van der Waals surface area contributed by atoms with Crippen LogP contribution in [0.5, 0.6) is 5.75 Å². The molecule has 1 heterocycles. The SMILES string of the molecule is Cc1ccc(O)c(CNC(C)CC(C)O)n1. The Kier molecular flexibility index (Phi) is 4.71. The molecule has 4 heteroatoms. The summed E-state index contributed by atoms with van der Waals surface area (Å²) in [6, 6.07) is 3.62. The van der Waals surface area contributed by atoms with E-state index in [4.69, 9.17) is 0 Å². The van der Waals surface area contributed by atoms with E-state index in [0.717, 1.165) is 5.69 Å². The van der Waals surface area contributed by atoms with Crippen molar-refractivity contribution in [2.24, 2.45) is 0 Å². The lowest BCUT2D eigenvalue weighted by Crippen LogP contribution is -2.29. The molecule has 0 aliphatic rings. The molecule has 0 fully saturated rings. The molecule has 2 atom stereocenters. The van der Waals surface area contributed by atoms with Crippen molar-refractivity contribution in [1.29, 1.82) is 0 Å². The summed E-state index contributed by atoms with van der Waals surface area (Å²) in [6.07, 6.45) is 0.369. The van der Waals surface area contributed by atoms with Crippen molar-refractivity contribution in [2.45, 2.75) is 45.9 Å². The van der Waals surface area contributed by atoms with E-state index in [1.54, 1.807) is 19.1 Å². The van der Waals surface area contributed by atoms with Crippen molar-refractivity contribution in [3.05, 3.63) is 23.5 Å². The van der Waals surface area contributed by atoms with Crippen molar-refractivity contribution in [1.82, 2.24) is 10.3 Å². The molecule has 4 nitrogen and oxygen atoms in total. The van der Waals surface area contributed by atoms with Crippen LogP contribution in [0.3, 0.4) is 0 Å². The summed E-state index contributed by atoms with van der Waals surface area (Å²) in [5, 5.41) is 22.0. The van der Waals surface area contributed by atoms with Crippen molar-refractivity contribution < 1.29 is 10.2 Å². The molecule has 90 valence electrons. The van der Waals surface area contributed by atoms with Gasteiger partial charge in [0.05, 0.1) is 11.8 Å². The number of rotatable bonds is 5. The molecule has 0 aromatic carbocycles. The number of aromatic hydroxyl groups is 1. The number of aryl methyl sites for hydroxylation is 1. The molecule has 0 amide bonds. The lowest BCUT2D eigenvalue weighted by molar-refractivity contribution is 0.170. The Morgan fingerprint density at radius 2 is 2.06 bits per heavy atom. The van der Waals surface area contributed by atoms with Crippen LogP contribution in [0.1, 0.15) is 31.7 Å². The fourth-order valence-electron chi connectivity index (χ4n) is 1.60. The molecule has 2 unspecified atom stereocenters. The molecule has 1 rings (SSSR count). The standard InChI is InChI=1S/C12H20N2O2/c1-8-4-5-12(16)11(14-8)7-13-9(2)6-10(3)15/h4-5,9-10,13,15-16H,6-7H2,1-3H3. The van der Waals surface area contributed by atoms with Gasteiger partial charge in [-0.05, 0) is 39.3 Å². The van der Waals surface area contributed by atoms with Gasteiger partial charge in [-0.3, -0.25) is 4.98 Å². The molecule has 0 aliphatic carbocycles. The van der Waals surface area contributed by atoms with E-state index in [1.807, 2.05) is 13.8 Å². The molecule has 1 aromatic heterocycles. The first-order valence-corrected chi connectivity index (χ1v) is 5.56. The Morgan fingerprint density at radius 1 is 1.38 bits per heavy atom. The maximum absolute atomic E-state index is 9.58. The Bertz CT molecular complexity index is 340. The molecule has 3 N–H and O–H groups in total. The number of nitrogens with zero attached hydrogens (tertiary/aromatic N) is 1. The largest absolute Gasteiger partial charge is 0.506 e. The Balaban J connectivity index is 2.51. The minimum absolute atomic E-state index is 0.196. The predicted molar refractivity (Wildman–Crippen MR) is 63.2 cm³/mol. The maximum Gasteiger partial charge on any atom is 0.138 e. The first kappa shape index (κ1) is 12.9. The van der Waals surface area contributed by atoms with E-state index in [2.05, 4.69) is 10.3 Å². The van der Waals surface area contributed by atoms with Gasteiger partial charge in [-0.2, -0.15) is 0 Å². The van der Waals surface area contributed by atoms with Crippen LogP contribution >= 0.6 is 0 Å². The summed E-state index contributed by atoms with van der Waals surface area (Å²) in [5.74, 6) is 0.211. The van der Waals surface area contributed by atoms with E-state index in [0.29, 0.717) is 18.7 Å². The molecule has 0 saturated carbocycles. The van der Waals surface area contributed by atoms with Gasteiger partial charge in [0, 0.05) is 18.3 Å². The van der Waals surface area contributed by atoms with Gasteiger partial charge in [-0.25, -0.2) is 0 Å². The monoisotopic (exact) mass is 224 g/mol. The van der Waals surface area contributed by atoms with Crippen LogP contribution in [0.15, 0.2) is 12.1 Å². The van der Waals surface area contributed by atoms with Crippen molar-refractivity contribution in [3.8, 4) is 5.75 Å². The van der Waals surface area contributed by atoms with Crippen LogP contribution in [0.4, 0.5) is 0 Å². The first-order chi connectivity index (χ1) is 7.49. The number of nitrogens with one attached hydrogen (secondary N) is 1. The lowest BCUT2D eigenvalue weighted by atomic mass is 10.1. The molecule has 0 bridgehead atoms. The summed E-state index contributed by atoms with van der Waals surface area (Å²) in [4.78, 5) is 4.25. The highest BCUT2D eigenvalue weighted by atomic mass is 16.3. The third-order valence-electron chi connectivity index (χ3n) is 2.40. The van der Waals surface area contributed by atoms with Gasteiger partial charge >= 0.3 is 0 Å². The first-order valence-electron chi connectivity index (χ1n) is 5.56. The van der Waals surface area contributed by atoms with Gasteiger partial charge < -0.3 is 15.5 Å². The minimum atomic E-state index is -0.318. The summed E-state index contributed by atoms with van der Waals surface area (Å²) in [6.45, 7) is 6.17. The van der Waals surface area contributed by atoms with E-state index in [9.17, 15) is 10.2 Å². The third-order valence-corrected chi connectivity index (χ3v) is 2.40. The number of aliphatic hydroxyl groups excluding tert-OH is 1. The zero-order valence-corrected chi connectivity index (χ0v) is 10.1. The Hall–Kier alpha value is -1.13. The van der Waals surface area contributed by atoms with Gasteiger partial charge in [0.25, 0.3) is 0 Å². The highest BCUT2D eigenvalue weighted by Gasteiger charge is 2.08. The fraction of sp³-hybridized carbons (Fsp3) is 0.583. The van der Waals surface area contributed by atoms with Crippen molar-refractivity contribution in [3.63, 3.8) is 0 Å². The van der Waals surface area contributed by atoms with Crippen LogP contribution in [0.25, 0.3) is 0 Å². The van der Waals surface area contributed by atoms with E-state index < -0.39 is 0 Å². The highest BCUT2D eigenvalue weighted by molar-refractivity contribution is 5.27. The van der Waals surface area contributed by atoms with Crippen LogP contribution in [0, 0.1) is 6.92 Å². The van der Waals surface area contributed by atoms with Gasteiger partial charge in [0.15, 0.2) is 0 Å². The molecule has 0 radical (unpaired) electrons. The summed E-state index contributed by atoms with van der Waals surface area (Å²) >= 11 is 0. The second-order valence-electron chi connectivity index (χ2n) is 4.29. The van der Waals surface area contributed by atoms with E-state index in [-0.39, 0.29) is 17.9 Å². The van der Waals surface area contributed by atoms with E-state index >= 15 is 0 Å². The smallest absolute Gasteiger partial charge is 0.138 e. The summed E-state index contributed by atoms with van der Waals surface area (Å²) in [7, 11) is 0. The topological polar surface area (TPSA) is 65.4 Å². The molecule has 1 aromatic rings. The fourth-order valence-corrected chi connectivity index (χ4v) is 1.60. The number of hydrogen-bond donors (Lipinski definition) is 3. The second-order valence-corrected chi connectivity index (χ2v) is 4.29. The van der Waals surface area contributed by atoms with Crippen LogP contribution in [-0.4, -0.2) is 27.3 Å². The number of pyridine rings is 1. The Morgan fingerprint density at radius 3 is 2.69 bits per heavy atom. The second kappa shape index (κ2) is 5.82. The minimum Gasteiger partial charge on any atom is -0.506 e. The molecular formula is C12H20N2O2. The normalized spacial score (nSPS) is 14.8. The highest BCUT2D eigenvalue weighted by Crippen LogP contribution is 2.14. The third kappa shape index (κ3) is 4.16. The molecule has 0 spiro atoms. The zero-order chi connectivity index (χ0) is 12.1. The summed E-state index contributed by atoms with van der Waals surface area (Å²) in [5.41, 5.74) is 1.54. The zero-order valence-electron chi connectivity index (χ0n) is 10.1. The van der Waals surface area contributed by atoms with Crippen LogP contribution in [-0.2, 0) is 6.54 Å². The predicted octanol–water partition coefficient (Wildman–Crippen LogP) is 1.34. The molecular weight excluding hydrogens is 204 g/mol. The summed E-state index contributed by atoms with van der Waals surface area (Å²) < 4.78 is 0. The molecule has 0 saturated heterocycles. The number of hydrogen-bond acceptors (Lipinski definition) is 4. The number of aliphatic hydroxyl groups is 1. The van der Waals surface area contributed by atoms with Gasteiger partial charge in [0.2, 0.25) is 0 Å². The van der Waals surface area contributed by atoms with Gasteiger partial charge in [-0.15, -0.1) is 0 Å². The van der Waals surface area contributed by atoms with Gasteiger partial charge in [-0.1, -0.05) is 0 Å². The van der Waals surface area contributed by atoms with E-state index in [1.165, 1.54) is 0 Å². The Labute approximate surface area is 96.3 Å². The maximum atomic E-state index is 9.58. The van der Waals surface area contributed by atoms with Crippen LogP contribution < -0.4 is 5.32 Å². The number of aromatic nitrogens is 1. The quantitative estimate of drug-likeness (QED) is 0.706.